The Kier molecular flexibility index (Phi) is 5.40. The molecule has 0 saturated heterocycles. The molecule has 0 unspecified atom stereocenters. The molecule has 0 radical (unpaired) electrons. The molecule has 2 N–H and O–H groups in total. The van der Waals surface area contributed by atoms with Gasteiger partial charge in [0.05, 0.1) is 16.2 Å². The highest BCUT2D eigenvalue weighted by atomic mass is 16.6. The smallest absolute Gasteiger partial charge is 0.271 e. The lowest BCUT2D eigenvalue weighted by molar-refractivity contribution is -0.384. The molecule has 0 aliphatic rings. The topological polar surface area (TPSA) is 105 Å². The standard InChI is InChI=1S/C17H15N3O4/c1-12(21)16(11-18-13-6-3-2-4-7-13)17(22)19-14-8-5-9-15(10-14)20(23)24/h2-11,21H,1H3,(H,19,22). The molecule has 0 aliphatic carbocycles. The molecule has 0 heterocycles. The van der Waals surface area contributed by atoms with Crippen LogP contribution in [0.1, 0.15) is 6.92 Å². The van der Waals surface area contributed by atoms with Gasteiger partial charge in [-0.05, 0) is 25.1 Å². The van der Waals surface area contributed by atoms with Crippen molar-refractivity contribution in [3.8, 4) is 0 Å². The van der Waals surface area contributed by atoms with Crippen LogP contribution in [-0.4, -0.2) is 22.2 Å². The van der Waals surface area contributed by atoms with E-state index in [2.05, 4.69) is 10.3 Å². The third kappa shape index (κ3) is 4.51. The van der Waals surface area contributed by atoms with Gasteiger partial charge in [-0.15, -0.1) is 0 Å². The number of aliphatic hydroxyl groups is 1. The molecule has 24 heavy (non-hydrogen) atoms. The number of nitro groups is 1. The minimum atomic E-state index is -0.616. The number of rotatable bonds is 5. The number of para-hydroxylation sites is 1. The number of amides is 1. The highest BCUT2D eigenvalue weighted by Gasteiger charge is 2.13. The zero-order valence-corrected chi connectivity index (χ0v) is 12.8. The Hall–Kier alpha value is -3.48. The highest BCUT2D eigenvalue weighted by Crippen LogP contribution is 2.18. The summed E-state index contributed by atoms with van der Waals surface area (Å²) in [5, 5.41) is 23.0. The van der Waals surface area contributed by atoms with E-state index in [0.29, 0.717) is 5.69 Å². The first-order valence-electron chi connectivity index (χ1n) is 7.02. The number of allylic oxidation sites excluding steroid dienone is 1. The van der Waals surface area contributed by atoms with Gasteiger partial charge in [-0.2, -0.15) is 0 Å². The van der Waals surface area contributed by atoms with Crippen molar-refractivity contribution >= 4 is 29.2 Å². The zero-order chi connectivity index (χ0) is 17.5. The second-order valence-electron chi connectivity index (χ2n) is 4.85. The molecule has 0 bridgehead atoms. The van der Waals surface area contributed by atoms with Crippen LogP contribution in [0.25, 0.3) is 0 Å². The summed E-state index contributed by atoms with van der Waals surface area (Å²) >= 11 is 0. The molecule has 7 heteroatoms. The number of nitrogens with one attached hydrogen (secondary N) is 1. The molecular formula is C17H15N3O4. The van der Waals surface area contributed by atoms with E-state index < -0.39 is 10.8 Å². The quantitative estimate of drug-likeness (QED) is 0.287. The number of hydrogen-bond acceptors (Lipinski definition) is 5. The van der Waals surface area contributed by atoms with Crippen LogP contribution in [0.3, 0.4) is 0 Å². The molecule has 0 atom stereocenters. The van der Waals surface area contributed by atoms with Crippen molar-refractivity contribution in [3.05, 3.63) is 76.0 Å². The largest absolute Gasteiger partial charge is 0.512 e. The van der Waals surface area contributed by atoms with Crippen molar-refractivity contribution in [2.45, 2.75) is 6.92 Å². The Balaban J connectivity index is 2.19. The number of non-ortho nitro benzene ring substituents is 1. The van der Waals surface area contributed by atoms with E-state index in [1.165, 1.54) is 37.4 Å². The Labute approximate surface area is 138 Å². The predicted molar refractivity (Wildman–Crippen MR) is 91.6 cm³/mol. The second-order valence-corrected chi connectivity index (χ2v) is 4.85. The Morgan fingerprint density at radius 1 is 1.21 bits per heavy atom. The molecule has 2 rings (SSSR count). The number of benzene rings is 2. The fourth-order valence-electron chi connectivity index (χ4n) is 1.87. The Morgan fingerprint density at radius 3 is 2.54 bits per heavy atom. The maximum atomic E-state index is 12.3. The fraction of sp³-hybridized carbons (Fsp3) is 0.0588. The van der Waals surface area contributed by atoms with E-state index >= 15 is 0 Å². The zero-order valence-electron chi connectivity index (χ0n) is 12.8. The summed E-state index contributed by atoms with van der Waals surface area (Å²) in [6.07, 6.45) is 1.25. The summed E-state index contributed by atoms with van der Waals surface area (Å²) in [6.45, 7) is 1.36. The van der Waals surface area contributed by atoms with Gasteiger partial charge in [-0.3, -0.25) is 19.9 Å². The van der Waals surface area contributed by atoms with Crippen molar-refractivity contribution in [1.29, 1.82) is 0 Å². The minimum absolute atomic E-state index is 0.0367. The number of nitrogens with zero attached hydrogens (tertiary/aromatic N) is 2. The van der Waals surface area contributed by atoms with Gasteiger partial charge in [0.25, 0.3) is 11.6 Å². The van der Waals surface area contributed by atoms with Crippen molar-refractivity contribution < 1.29 is 14.8 Å². The van der Waals surface area contributed by atoms with Gasteiger partial charge in [0.2, 0.25) is 0 Å². The van der Waals surface area contributed by atoms with E-state index in [9.17, 15) is 20.0 Å². The van der Waals surface area contributed by atoms with Crippen molar-refractivity contribution in [3.63, 3.8) is 0 Å². The highest BCUT2D eigenvalue weighted by molar-refractivity contribution is 6.18. The average molecular weight is 325 g/mol. The number of aliphatic hydroxyl groups excluding tert-OH is 1. The lowest BCUT2D eigenvalue weighted by Crippen LogP contribution is -2.17. The SMILES string of the molecule is CC(O)=C(C=Nc1ccccc1)C(=O)Nc1cccc([N+](=O)[O-])c1. The predicted octanol–water partition coefficient (Wildman–Crippen LogP) is 3.77. The second kappa shape index (κ2) is 7.68. The maximum Gasteiger partial charge on any atom is 0.271 e. The van der Waals surface area contributed by atoms with Crippen LogP contribution in [0.5, 0.6) is 0 Å². The van der Waals surface area contributed by atoms with Gasteiger partial charge in [-0.25, -0.2) is 0 Å². The minimum Gasteiger partial charge on any atom is -0.512 e. The van der Waals surface area contributed by atoms with Gasteiger partial charge in [-0.1, -0.05) is 24.3 Å². The summed E-state index contributed by atoms with van der Waals surface area (Å²) in [5.41, 5.74) is 0.697. The first-order chi connectivity index (χ1) is 11.5. The van der Waals surface area contributed by atoms with Gasteiger partial charge >= 0.3 is 0 Å². The summed E-state index contributed by atoms with van der Waals surface area (Å²) in [5.74, 6) is -0.826. The van der Waals surface area contributed by atoms with E-state index in [-0.39, 0.29) is 22.7 Å². The van der Waals surface area contributed by atoms with E-state index in [1.54, 1.807) is 24.3 Å². The number of hydrogen-bond donors (Lipinski definition) is 2. The lowest BCUT2D eigenvalue weighted by Gasteiger charge is -2.06. The number of anilines is 1. The van der Waals surface area contributed by atoms with Crippen molar-refractivity contribution in [1.82, 2.24) is 0 Å². The van der Waals surface area contributed by atoms with Gasteiger partial charge in [0, 0.05) is 24.0 Å². The van der Waals surface area contributed by atoms with E-state index in [1.807, 2.05) is 6.07 Å². The molecular weight excluding hydrogens is 310 g/mol. The molecule has 1 amide bonds. The number of aliphatic imine (C=N–C) groups is 1. The first-order valence-corrected chi connectivity index (χ1v) is 7.02. The third-order valence-electron chi connectivity index (χ3n) is 3.05. The fourth-order valence-corrected chi connectivity index (χ4v) is 1.87. The Bertz CT molecular complexity index is 810. The molecule has 0 spiro atoms. The van der Waals surface area contributed by atoms with E-state index in [4.69, 9.17) is 0 Å². The molecule has 0 aromatic heterocycles. The molecule has 7 nitrogen and oxygen atoms in total. The Morgan fingerprint density at radius 2 is 1.92 bits per heavy atom. The first kappa shape index (κ1) is 16.9. The normalized spacial score (nSPS) is 11.9. The van der Waals surface area contributed by atoms with Crippen LogP contribution in [0, 0.1) is 10.1 Å². The molecule has 2 aromatic carbocycles. The summed E-state index contributed by atoms with van der Waals surface area (Å²) in [6, 6.07) is 14.5. The summed E-state index contributed by atoms with van der Waals surface area (Å²) in [7, 11) is 0. The number of carbonyl (C=O) groups is 1. The molecule has 2 aromatic rings. The van der Waals surface area contributed by atoms with Crippen molar-refractivity contribution in [2.75, 3.05) is 5.32 Å². The summed E-state index contributed by atoms with van der Waals surface area (Å²) in [4.78, 5) is 26.6. The van der Waals surface area contributed by atoms with Crippen LogP contribution >= 0.6 is 0 Å². The molecule has 0 fully saturated rings. The van der Waals surface area contributed by atoms with E-state index in [0.717, 1.165) is 0 Å². The van der Waals surface area contributed by atoms with Crippen molar-refractivity contribution in [2.24, 2.45) is 4.99 Å². The monoisotopic (exact) mass is 325 g/mol. The third-order valence-corrected chi connectivity index (χ3v) is 3.05. The van der Waals surface area contributed by atoms with Gasteiger partial charge in [0.15, 0.2) is 0 Å². The van der Waals surface area contributed by atoms with Crippen LogP contribution < -0.4 is 5.32 Å². The molecule has 122 valence electrons. The van der Waals surface area contributed by atoms with Crippen LogP contribution in [-0.2, 0) is 4.79 Å². The van der Waals surface area contributed by atoms with Gasteiger partial charge < -0.3 is 10.4 Å². The maximum absolute atomic E-state index is 12.3. The number of carbonyl (C=O) groups excluding carboxylic acids is 1. The van der Waals surface area contributed by atoms with Crippen LogP contribution in [0.15, 0.2) is 70.9 Å². The summed E-state index contributed by atoms with van der Waals surface area (Å²) < 4.78 is 0. The lowest BCUT2D eigenvalue weighted by atomic mass is 10.2. The molecule has 0 aliphatic heterocycles. The number of nitro benzene ring substituents is 1. The van der Waals surface area contributed by atoms with Crippen LogP contribution in [0.2, 0.25) is 0 Å². The van der Waals surface area contributed by atoms with Crippen LogP contribution in [0.4, 0.5) is 17.1 Å². The van der Waals surface area contributed by atoms with Gasteiger partial charge in [0.1, 0.15) is 5.76 Å². The average Bonchev–Trinajstić information content (AvgIpc) is 2.56. The molecule has 0 saturated carbocycles.